The minimum absolute atomic E-state index is 0.374. The van der Waals surface area contributed by atoms with Crippen LogP contribution in [0.25, 0.3) is 6.08 Å². The molecule has 4 amide bonds. The van der Waals surface area contributed by atoms with Gasteiger partial charge in [-0.3, -0.25) is 15.0 Å². The van der Waals surface area contributed by atoms with Crippen LogP contribution in [0.1, 0.15) is 23.8 Å². The predicted molar refractivity (Wildman–Crippen MR) is 95.3 cm³/mol. The van der Waals surface area contributed by atoms with Crippen molar-refractivity contribution in [2.24, 2.45) is 0 Å². The van der Waals surface area contributed by atoms with E-state index >= 15 is 0 Å². The third-order valence-electron chi connectivity index (χ3n) is 4.05. The Hall–Kier alpha value is -2.93. The summed E-state index contributed by atoms with van der Waals surface area (Å²) >= 11 is 1.48. The molecule has 2 aromatic rings. The molecule has 128 valence electrons. The second kappa shape index (κ2) is 6.90. The number of carbonyl (C=O) groups excluding carboxylic acids is 3. The van der Waals surface area contributed by atoms with Gasteiger partial charge in [-0.1, -0.05) is 43.3 Å². The van der Waals surface area contributed by atoms with Crippen molar-refractivity contribution in [1.29, 1.82) is 0 Å². The van der Waals surface area contributed by atoms with Gasteiger partial charge in [-0.2, -0.15) is 5.01 Å². The number of hydrogen-bond acceptors (Lipinski definition) is 4. The Morgan fingerprint density at radius 2 is 2.00 bits per heavy atom. The van der Waals surface area contributed by atoms with Crippen LogP contribution < -0.4 is 10.7 Å². The number of carbonyl (C=O) groups is 3. The molecule has 0 unspecified atom stereocenters. The van der Waals surface area contributed by atoms with Crippen molar-refractivity contribution >= 4 is 35.3 Å². The van der Waals surface area contributed by atoms with Gasteiger partial charge in [0.1, 0.15) is 5.54 Å². The minimum Gasteiger partial charge on any atom is -0.318 e. The molecule has 1 aromatic heterocycles. The summed E-state index contributed by atoms with van der Waals surface area (Å²) in [5.41, 5.74) is 1.87. The van der Waals surface area contributed by atoms with E-state index < -0.39 is 23.4 Å². The van der Waals surface area contributed by atoms with E-state index in [1.165, 1.54) is 17.4 Å². The average molecular weight is 355 g/mol. The Morgan fingerprint density at radius 3 is 2.64 bits per heavy atom. The molecule has 1 atom stereocenters. The van der Waals surface area contributed by atoms with Crippen molar-refractivity contribution in [1.82, 2.24) is 15.8 Å². The summed E-state index contributed by atoms with van der Waals surface area (Å²) in [6.45, 7) is 1.81. The first-order chi connectivity index (χ1) is 12.1. The standard InChI is InChI=1S/C18H17N3O3S/c1-2-18(13-7-4-3-5-8-13)16(23)21(17(24)19-18)20-15(22)11-10-14-9-6-12-25-14/h3-12H,2H2,1H3,(H,19,24)(H,20,22)/b11-10+/t18-/m0/s1. The van der Waals surface area contributed by atoms with Crippen LogP contribution in [-0.4, -0.2) is 22.9 Å². The lowest BCUT2D eigenvalue weighted by atomic mass is 9.87. The Kier molecular flexibility index (Phi) is 4.67. The molecule has 1 aliphatic heterocycles. The van der Waals surface area contributed by atoms with Crippen molar-refractivity contribution in [3.8, 4) is 0 Å². The molecule has 1 aromatic carbocycles. The van der Waals surface area contributed by atoms with E-state index in [4.69, 9.17) is 0 Å². The molecule has 6 nitrogen and oxygen atoms in total. The monoisotopic (exact) mass is 355 g/mol. The number of nitrogens with zero attached hydrogens (tertiary/aromatic N) is 1. The number of rotatable bonds is 5. The number of amides is 4. The lowest BCUT2D eigenvalue weighted by Crippen LogP contribution is -2.48. The molecule has 1 fully saturated rings. The second-order valence-corrected chi connectivity index (χ2v) is 6.50. The van der Waals surface area contributed by atoms with Crippen LogP contribution in [0, 0.1) is 0 Å². The van der Waals surface area contributed by atoms with Gasteiger partial charge < -0.3 is 5.32 Å². The fourth-order valence-electron chi connectivity index (χ4n) is 2.73. The van der Waals surface area contributed by atoms with E-state index in [0.717, 1.165) is 9.89 Å². The van der Waals surface area contributed by atoms with Gasteiger partial charge in [0.2, 0.25) is 0 Å². The topological polar surface area (TPSA) is 78.5 Å². The highest BCUT2D eigenvalue weighted by atomic mass is 32.1. The number of imide groups is 1. The summed E-state index contributed by atoms with van der Waals surface area (Å²) in [5, 5.41) is 5.35. The number of hydrazine groups is 1. The Bertz CT molecular complexity index is 817. The maximum Gasteiger partial charge on any atom is 0.344 e. The Balaban J connectivity index is 1.78. The number of hydrogen-bond donors (Lipinski definition) is 2. The molecular weight excluding hydrogens is 338 g/mol. The van der Waals surface area contributed by atoms with Crippen molar-refractivity contribution in [3.05, 3.63) is 64.4 Å². The first-order valence-electron chi connectivity index (χ1n) is 7.81. The summed E-state index contributed by atoms with van der Waals surface area (Å²) in [6, 6.07) is 12.1. The van der Waals surface area contributed by atoms with Crippen LogP contribution in [0.4, 0.5) is 4.79 Å². The normalized spacial score (nSPS) is 20.1. The van der Waals surface area contributed by atoms with Gasteiger partial charge >= 0.3 is 6.03 Å². The first kappa shape index (κ1) is 16.9. The maximum absolute atomic E-state index is 12.8. The molecule has 2 N–H and O–H groups in total. The SMILES string of the molecule is CC[C@@]1(c2ccccc2)NC(=O)N(NC(=O)/C=C/c2cccs2)C1=O. The highest BCUT2D eigenvalue weighted by Gasteiger charge is 2.52. The van der Waals surface area contributed by atoms with Crippen molar-refractivity contribution in [2.45, 2.75) is 18.9 Å². The molecule has 0 bridgehead atoms. The molecule has 0 spiro atoms. The molecule has 3 rings (SSSR count). The molecule has 0 aliphatic carbocycles. The van der Waals surface area contributed by atoms with Crippen molar-refractivity contribution in [3.63, 3.8) is 0 Å². The van der Waals surface area contributed by atoms with Gasteiger partial charge in [0, 0.05) is 11.0 Å². The fourth-order valence-corrected chi connectivity index (χ4v) is 3.35. The smallest absolute Gasteiger partial charge is 0.318 e. The Labute approximate surface area is 149 Å². The predicted octanol–water partition coefficient (Wildman–Crippen LogP) is 2.65. The van der Waals surface area contributed by atoms with E-state index in [1.54, 1.807) is 30.3 Å². The molecule has 2 heterocycles. The van der Waals surface area contributed by atoms with Crippen LogP contribution in [-0.2, 0) is 15.1 Å². The zero-order chi connectivity index (χ0) is 17.9. The van der Waals surface area contributed by atoms with Gasteiger partial charge in [-0.15, -0.1) is 11.3 Å². The van der Waals surface area contributed by atoms with E-state index in [-0.39, 0.29) is 0 Å². The summed E-state index contributed by atoms with van der Waals surface area (Å²) in [6.07, 6.45) is 3.29. The largest absolute Gasteiger partial charge is 0.344 e. The highest BCUT2D eigenvalue weighted by molar-refractivity contribution is 7.10. The summed E-state index contributed by atoms with van der Waals surface area (Å²) < 4.78 is 0. The van der Waals surface area contributed by atoms with Gasteiger partial charge in [0.05, 0.1) is 0 Å². The molecule has 0 saturated carbocycles. The van der Waals surface area contributed by atoms with Gasteiger partial charge in [-0.25, -0.2) is 4.79 Å². The van der Waals surface area contributed by atoms with E-state index in [1.807, 2.05) is 30.5 Å². The fraction of sp³-hybridized carbons (Fsp3) is 0.167. The number of benzene rings is 1. The molecule has 25 heavy (non-hydrogen) atoms. The van der Waals surface area contributed by atoms with E-state index in [9.17, 15) is 14.4 Å². The third-order valence-corrected chi connectivity index (χ3v) is 4.89. The first-order valence-corrected chi connectivity index (χ1v) is 8.69. The zero-order valence-electron chi connectivity index (χ0n) is 13.6. The molecule has 1 saturated heterocycles. The lowest BCUT2D eigenvalue weighted by molar-refractivity contribution is -0.138. The minimum atomic E-state index is -1.16. The van der Waals surface area contributed by atoms with Gasteiger partial charge in [0.15, 0.2) is 0 Å². The van der Waals surface area contributed by atoms with E-state index in [0.29, 0.717) is 12.0 Å². The number of nitrogens with one attached hydrogen (secondary N) is 2. The summed E-state index contributed by atoms with van der Waals surface area (Å²) in [7, 11) is 0. The Morgan fingerprint density at radius 1 is 1.24 bits per heavy atom. The van der Waals surface area contributed by atoms with Crippen LogP contribution in [0.15, 0.2) is 53.9 Å². The summed E-state index contributed by atoms with van der Waals surface area (Å²) in [5.74, 6) is -1.04. The number of urea groups is 1. The lowest BCUT2D eigenvalue weighted by Gasteiger charge is -2.25. The molecular formula is C18H17N3O3S. The van der Waals surface area contributed by atoms with Gasteiger partial charge in [0.25, 0.3) is 11.8 Å². The van der Waals surface area contributed by atoms with Crippen LogP contribution in [0.2, 0.25) is 0 Å². The highest BCUT2D eigenvalue weighted by Crippen LogP contribution is 2.31. The third kappa shape index (κ3) is 3.18. The average Bonchev–Trinajstić information content (AvgIpc) is 3.23. The second-order valence-electron chi connectivity index (χ2n) is 5.52. The van der Waals surface area contributed by atoms with Crippen molar-refractivity contribution < 1.29 is 14.4 Å². The van der Waals surface area contributed by atoms with Gasteiger partial charge in [-0.05, 0) is 29.5 Å². The molecule has 7 heteroatoms. The maximum atomic E-state index is 12.8. The van der Waals surface area contributed by atoms with Crippen LogP contribution in [0.5, 0.6) is 0 Å². The number of thiophene rings is 1. The zero-order valence-corrected chi connectivity index (χ0v) is 14.4. The van der Waals surface area contributed by atoms with Crippen molar-refractivity contribution in [2.75, 3.05) is 0 Å². The quantitative estimate of drug-likeness (QED) is 0.639. The molecule has 1 aliphatic rings. The van der Waals surface area contributed by atoms with Crippen LogP contribution in [0.3, 0.4) is 0 Å². The van der Waals surface area contributed by atoms with E-state index in [2.05, 4.69) is 10.7 Å². The molecule has 0 radical (unpaired) electrons. The summed E-state index contributed by atoms with van der Waals surface area (Å²) in [4.78, 5) is 38.1. The van der Waals surface area contributed by atoms with Crippen LogP contribution >= 0.6 is 11.3 Å².